The maximum atomic E-state index is 10.9. The second kappa shape index (κ2) is 10.2. The van der Waals surface area contributed by atoms with Crippen molar-refractivity contribution >= 4 is 10.1 Å². The standard InChI is InChI=1S/C12H22O5S/c1-3-5-6-7-8-9-10-17-12(11-16-4-2)18(13,14)15/h12H,3-8,11H2,1-2H3,(H,13,14,15). The zero-order chi connectivity index (χ0) is 13.9. The molecule has 0 fully saturated rings. The van der Waals surface area contributed by atoms with Crippen molar-refractivity contribution in [1.82, 2.24) is 0 Å². The molecule has 0 aromatic rings. The van der Waals surface area contributed by atoms with Gasteiger partial charge in [-0.25, -0.2) is 0 Å². The van der Waals surface area contributed by atoms with E-state index in [1.807, 2.05) is 0 Å². The molecule has 0 aliphatic carbocycles. The van der Waals surface area contributed by atoms with Gasteiger partial charge in [-0.15, -0.1) is 0 Å². The fourth-order valence-electron chi connectivity index (χ4n) is 1.19. The molecule has 0 bridgehead atoms. The summed E-state index contributed by atoms with van der Waals surface area (Å²) in [5.41, 5.74) is -1.43. The Bertz CT molecular complexity index is 352. The van der Waals surface area contributed by atoms with Crippen molar-refractivity contribution in [2.45, 2.75) is 51.4 Å². The normalized spacial score (nSPS) is 12.6. The Morgan fingerprint density at radius 1 is 1.22 bits per heavy atom. The van der Waals surface area contributed by atoms with E-state index in [1.165, 1.54) is 6.42 Å². The molecule has 0 aliphatic heterocycles. The number of ether oxygens (including phenoxy) is 2. The molecule has 0 aliphatic rings. The van der Waals surface area contributed by atoms with Gasteiger partial charge in [-0.2, -0.15) is 8.42 Å². The lowest BCUT2D eigenvalue weighted by Crippen LogP contribution is -2.27. The highest BCUT2D eigenvalue weighted by Gasteiger charge is 2.24. The molecular formula is C12H22O5S. The van der Waals surface area contributed by atoms with Crippen LogP contribution in [0.3, 0.4) is 0 Å². The lowest BCUT2D eigenvalue weighted by Gasteiger charge is -2.10. The molecule has 0 spiro atoms. The summed E-state index contributed by atoms with van der Waals surface area (Å²) in [5, 5.41) is 0. The van der Waals surface area contributed by atoms with Crippen LogP contribution in [0.4, 0.5) is 0 Å². The Kier molecular flexibility index (Phi) is 9.74. The molecule has 0 saturated heterocycles. The third-order valence-electron chi connectivity index (χ3n) is 2.21. The van der Waals surface area contributed by atoms with E-state index in [0.717, 1.165) is 19.3 Å². The van der Waals surface area contributed by atoms with E-state index in [2.05, 4.69) is 19.0 Å². The third-order valence-corrected chi connectivity index (χ3v) is 3.10. The molecule has 0 rings (SSSR count). The lowest BCUT2D eigenvalue weighted by molar-refractivity contribution is 0.0755. The van der Waals surface area contributed by atoms with Crippen molar-refractivity contribution in [1.29, 1.82) is 0 Å². The Hall–Kier alpha value is -0.770. The zero-order valence-electron chi connectivity index (χ0n) is 11.0. The molecule has 0 amide bonds. The number of rotatable bonds is 9. The molecular weight excluding hydrogens is 256 g/mol. The quantitative estimate of drug-likeness (QED) is 0.397. The zero-order valence-corrected chi connectivity index (χ0v) is 11.8. The second-order valence-corrected chi connectivity index (χ2v) is 5.37. The minimum absolute atomic E-state index is 0.222. The Morgan fingerprint density at radius 3 is 2.50 bits per heavy atom. The molecule has 106 valence electrons. The van der Waals surface area contributed by atoms with Crippen LogP contribution in [0.15, 0.2) is 0 Å². The van der Waals surface area contributed by atoms with E-state index in [1.54, 1.807) is 6.92 Å². The summed E-state index contributed by atoms with van der Waals surface area (Å²) >= 11 is 0. The molecule has 0 radical (unpaired) electrons. The van der Waals surface area contributed by atoms with Crippen LogP contribution in [0.2, 0.25) is 0 Å². The average molecular weight is 278 g/mol. The van der Waals surface area contributed by atoms with Gasteiger partial charge in [0.15, 0.2) is 0 Å². The third kappa shape index (κ3) is 9.28. The highest BCUT2D eigenvalue weighted by atomic mass is 32.2. The van der Waals surface area contributed by atoms with E-state index < -0.39 is 15.6 Å². The van der Waals surface area contributed by atoms with Crippen LogP contribution in [-0.2, 0) is 19.6 Å². The Balaban J connectivity index is 4.00. The van der Waals surface area contributed by atoms with Crippen LogP contribution in [0.25, 0.3) is 0 Å². The predicted octanol–water partition coefficient (Wildman–Crippen LogP) is 2.18. The highest BCUT2D eigenvalue weighted by molar-refractivity contribution is 7.86. The minimum Gasteiger partial charge on any atom is -0.422 e. The topological polar surface area (TPSA) is 72.8 Å². The Morgan fingerprint density at radius 2 is 1.94 bits per heavy atom. The molecule has 1 atom stereocenters. The van der Waals surface area contributed by atoms with Gasteiger partial charge in [0.05, 0.1) is 0 Å². The van der Waals surface area contributed by atoms with Gasteiger partial charge in [-0.05, 0) is 13.3 Å². The summed E-state index contributed by atoms with van der Waals surface area (Å²) < 4.78 is 40.4. The monoisotopic (exact) mass is 278 g/mol. The van der Waals surface area contributed by atoms with E-state index >= 15 is 0 Å². The fraction of sp³-hybridized carbons (Fsp3) is 0.833. The summed E-state index contributed by atoms with van der Waals surface area (Å²) in [6, 6.07) is 0. The molecule has 1 unspecified atom stereocenters. The number of hydrogen-bond acceptors (Lipinski definition) is 4. The summed E-state index contributed by atoms with van der Waals surface area (Å²) in [6.45, 7) is 3.97. The molecule has 6 heteroatoms. The van der Waals surface area contributed by atoms with Gasteiger partial charge in [0.1, 0.15) is 12.7 Å². The van der Waals surface area contributed by atoms with Gasteiger partial charge >= 0.3 is 10.1 Å². The van der Waals surface area contributed by atoms with E-state index in [9.17, 15) is 8.42 Å². The van der Waals surface area contributed by atoms with Crippen LogP contribution in [0, 0.1) is 12.0 Å². The predicted molar refractivity (Wildman–Crippen MR) is 69.4 cm³/mol. The number of unbranched alkanes of at least 4 members (excludes halogenated alkanes) is 4. The molecule has 0 aromatic heterocycles. The smallest absolute Gasteiger partial charge is 0.306 e. The van der Waals surface area contributed by atoms with Crippen LogP contribution in [0.5, 0.6) is 0 Å². The van der Waals surface area contributed by atoms with Crippen molar-refractivity contribution in [3.63, 3.8) is 0 Å². The minimum atomic E-state index is -4.29. The van der Waals surface area contributed by atoms with Crippen LogP contribution < -0.4 is 0 Å². The summed E-state index contributed by atoms with van der Waals surface area (Å²) in [6.07, 6.45) is 7.36. The van der Waals surface area contributed by atoms with Crippen LogP contribution >= 0.6 is 0 Å². The summed E-state index contributed by atoms with van der Waals surface area (Å²) in [4.78, 5) is 0. The highest BCUT2D eigenvalue weighted by Crippen LogP contribution is 2.03. The van der Waals surface area contributed by atoms with Crippen molar-refractivity contribution in [3.05, 3.63) is 0 Å². The van der Waals surface area contributed by atoms with Gasteiger partial charge in [-0.1, -0.05) is 32.1 Å². The summed E-state index contributed by atoms with van der Waals surface area (Å²) in [7, 11) is -4.29. The average Bonchev–Trinajstić information content (AvgIpc) is 2.30. The van der Waals surface area contributed by atoms with Gasteiger partial charge in [0.25, 0.3) is 5.44 Å². The lowest BCUT2D eigenvalue weighted by atomic mass is 10.2. The first kappa shape index (κ1) is 17.2. The van der Waals surface area contributed by atoms with E-state index in [-0.39, 0.29) is 6.61 Å². The molecule has 18 heavy (non-hydrogen) atoms. The van der Waals surface area contributed by atoms with Crippen molar-refractivity contribution in [2.24, 2.45) is 0 Å². The maximum Gasteiger partial charge on any atom is 0.306 e. The molecule has 0 aromatic carbocycles. The fourth-order valence-corrected chi connectivity index (χ4v) is 1.63. The van der Waals surface area contributed by atoms with Crippen molar-refractivity contribution in [3.8, 4) is 12.0 Å². The molecule has 0 heterocycles. The van der Waals surface area contributed by atoms with Crippen LogP contribution in [0.1, 0.15) is 46.0 Å². The first-order chi connectivity index (χ1) is 8.52. The SMILES string of the molecule is CCCCCCC#COC(COCC)S(=O)(=O)O. The van der Waals surface area contributed by atoms with Gasteiger partial charge in [-0.3, -0.25) is 4.55 Å². The second-order valence-electron chi connectivity index (χ2n) is 3.81. The largest absolute Gasteiger partial charge is 0.422 e. The molecule has 1 N–H and O–H groups in total. The summed E-state index contributed by atoms with van der Waals surface area (Å²) in [5.74, 6) is 2.72. The van der Waals surface area contributed by atoms with Gasteiger partial charge in [0.2, 0.25) is 0 Å². The maximum absolute atomic E-state index is 10.9. The van der Waals surface area contributed by atoms with E-state index in [4.69, 9.17) is 14.0 Å². The molecule has 0 saturated carbocycles. The van der Waals surface area contributed by atoms with Crippen molar-refractivity contribution < 1.29 is 22.4 Å². The van der Waals surface area contributed by atoms with Gasteiger partial charge in [0, 0.05) is 13.0 Å². The number of hydrogen-bond donors (Lipinski definition) is 1. The molecule has 5 nitrogen and oxygen atoms in total. The van der Waals surface area contributed by atoms with Gasteiger partial charge < -0.3 is 9.47 Å². The van der Waals surface area contributed by atoms with Crippen molar-refractivity contribution in [2.75, 3.05) is 13.2 Å². The van der Waals surface area contributed by atoms with E-state index in [0.29, 0.717) is 13.0 Å². The van der Waals surface area contributed by atoms with Crippen LogP contribution in [-0.4, -0.2) is 31.6 Å². The first-order valence-electron chi connectivity index (χ1n) is 6.19. The Labute approximate surface area is 110 Å². The first-order valence-corrected chi connectivity index (χ1v) is 7.70.